The van der Waals surface area contributed by atoms with E-state index in [2.05, 4.69) is 0 Å². The third-order valence-corrected chi connectivity index (χ3v) is 2.96. The second kappa shape index (κ2) is 3.09. The standard InChI is InChI=1S/C9H9NO3S/c1-3-7(11)10-8-6(9(12)13-10)4-5(2)14-8/h4H,3H2,1-2H3. The fourth-order valence-corrected chi connectivity index (χ4v) is 2.24. The molecule has 0 aliphatic heterocycles. The molecule has 0 saturated carbocycles. The number of hydrogen-bond donors (Lipinski definition) is 0. The molecule has 14 heavy (non-hydrogen) atoms. The molecule has 0 radical (unpaired) electrons. The average Bonchev–Trinajstić information content (AvgIpc) is 2.65. The van der Waals surface area contributed by atoms with E-state index in [1.54, 1.807) is 13.0 Å². The first-order chi connectivity index (χ1) is 6.63. The van der Waals surface area contributed by atoms with Crippen LogP contribution in [0.5, 0.6) is 0 Å². The number of rotatable bonds is 1. The molecule has 0 fully saturated rings. The maximum Gasteiger partial charge on any atom is 0.366 e. The summed E-state index contributed by atoms with van der Waals surface area (Å²) in [7, 11) is 0. The van der Waals surface area contributed by atoms with Crippen molar-refractivity contribution >= 4 is 27.5 Å². The Hall–Kier alpha value is -1.36. The van der Waals surface area contributed by atoms with Gasteiger partial charge in [0.25, 0.3) is 5.91 Å². The van der Waals surface area contributed by atoms with Crippen LogP contribution in [-0.2, 0) is 0 Å². The fourth-order valence-electron chi connectivity index (χ4n) is 1.28. The van der Waals surface area contributed by atoms with E-state index in [0.29, 0.717) is 16.6 Å². The Kier molecular flexibility index (Phi) is 2.03. The van der Waals surface area contributed by atoms with Gasteiger partial charge >= 0.3 is 5.63 Å². The Morgan fingerprint density at radius 1 is 1.64 bits per heavy atom. The van der Waals surface area contributed by atoms with E-state index in [-0.39, 0.29) is 5.91 Å². The lowest BCUT2D eigenvalue weighted by Gasteiger charge is -1.94. The highest BCUT2D eigenvalue weighted by molar-refractivity contribution is 7.18. The molecule has 0 N–H and O–H groups in total. The van der Waals surface area contributed by atoms with Crippen LogP contribution in [0.2, 0.25) is 0 Å². The van der Waals surface area contributed by atoms with Crippen LogP contribution in [0.25, 0.3) is 10.2 Å². The molecule has 2 heterocycles. The van der Waals surface area contributed by atoms with Gasteiger partial charge in [-0.3, -0.25) is 4.79 Å². The molecule has 0 atom stereocenters. The molecule has 0 aromatic carbocycles. The van der Waals surface area contributed by atoms with E-state index in [1.165, 1.54) is 11.3 Å². The first-order valence-corrected chi connectivity index (χ1v) is 5.10. The highest BCUT2D eigenvalue weighted by Gasteiger charge is 2.15. The molecule has 0 amide bonds. The van der Waals surface area contributed by atoms with Crippen LogP contribution in [0.15, 0.2) is 15.4 Å². The van der Waals surface area contributed by atoms with Gasteiger partial charge in [0.1, 0.15) is 5.39 Å². The summed E-state index contributed by atoms with van der Waals surface area (Å²) in [5.41, 5.74) is -0.439. The molecular weight excluding hydrogens is 202 g/mol. The maximum absolute atomic E-state index is 11.4. The van der Waals surface area contributed by atoms with E-state index >= 15 is 0 Å². The normalized spacial score (nSPS) is 11.0. The van der Waals surface area contributed by atoms with Gasteiger partial charge in [0.15, 0.2) is 4.83 Å². The van der Waals surface area contributed by atoms with E-state index in [0.717, 1.165) is 9.62 Å². The number of aromatic nitrogens is 1. The lowest BCUT2D eigenvalue weighted by atomic mass is 10.4. The van der Waals surface area contributed by atoms with Crippen LogP contribution in [0, 0.1) is 6.92 Å². The van der Waals surface area contributed by atoms with Crippen molar-refractivity contribution in [1.82, 2.24) is 4.74 Å². The lowest BCUT2D eigenvalue weighted by molar-refractivity contribution is 0.0795. The summed E-state index contributed by atoms with van der Waals surface area (Å²) in [6.45, 7) is 3.62. The van der Waals surface area contributed by atoms with Crippen LogP contribution in [0.4, 0.5) is 0 Å². The van der Waals surface area contributed by atoms with Gasteiger partial charge in [-0.15, -0.1) is 16.1 Å². The number of hydrogen-bond acceptors (Lipinski definition) is 4. The number of aryl methyl sites for hydroxylation is 1. The number of carbonyl (C=O) groups is 1. The Morgan fingerprint density at radius 2 is 2.36 bits per heavy atom. The Morgan fingerprint density at radius 3 is 3.00 bits per heavy atom. The summed E-state index contributed by atoms with van der Waals surface area (Å²) >= 11 is 1.39. The van der Waals surface area contributed by atoms with Crippen molar-refractivity contribution in [3.63, 3.8) is 0 Å². The van der Waals surface area contributed by atoms with Crippen molar-refractivity contribution in [3.8, 4) is 0 Å². The number of thiophene rings is 1. The van der Waals surface area contributed by atoms with Crippen LogP contribution in [0.1, 0.15) is 23.0 Å². The molecule has 2 aromatic rings. The summed E-state index contributed by atoms with van der Waals surface area (Å²) in [4.78, 5) is 24.3. The molecule has 0 aliphatic carbocycles. The van der Waals surface area contributed by atoms with Gasteiger partial charge < -0.3 is 4.52 Å². The Bertz CT molecular complexity index is 546. The average molecular weight is 211 g/mol. The van der Waals surface area contributed by atoms with Gasteiger partial charge in [-0.1, -0.05) is 6.92 Å². The minimum Gasteiger partial charge on any atom is -0.327 e. The van der Waals surface area contributed by atoms with E-state index < -0.39 is 5.63 Å². The van der Waals surface area contributed by atoms with Gasteiger partial charge in [-0.25, -0.2) is 4.79 Å². The minimum atomic E-state index is -0.439. The van der Waals surface area contributed by atoms with Crippen molar-refractivity contribution < 1.29 is 9.32 Å². The molecule has 0 unspecified atom stereocenters. The molecule has 0 aliphatic rings. The quantitative estimate of drug-likeness (QED) is 0.725. The topological polar surface area (TPSA) is 52.2 Å². The highest BCUT2D eigenvalue weighted by atomic mass is 32.1. The summed E-state index contributed by atoms with van der Waals surface area (Å²) in [6.07, 6.45) is 0.323. The molecule has 0 bridgehead atoms. The van der Waals surface area contributed by atoms with Crippen LogP contribution in [0.3, 0.4) is 0 Å². The zero-order valence-electron chi connectivity index (χ0n) is 7.86. The maximum atomic E-state index is 11.4. The third-order valence-electron chi connectivity index (χ3n) is 1.94. The van der Waals surface area contributed by atoms with E-state index in [1.807, 2.05) is 6.92 Å². The SMILES string of the molecule is CCC(=O)n1oc(=O)c2cc(C)sc21. The third kappa shape index (κ3) is 1.21. The molecular formula is C9H9NO3S. The number of nitrogens with zero attached hydrogens (tertiary/aromatic N) is 1. The van der Waals surface area contributed by atoms with Crippen molar-refractivity contribution in [1.29, 1.82) is 0 Å². The van der Waals surface area contributed by atoms with Gasteiger partial charge in [0.2, 0.25) is 0 Å². The Labute approximate surface area is 83.7 Å². The van der Waals surface area contributed by atoms with Crippen LogP contribution < -0.4 is 5.63 Å². The van der Waals surface area contributed by atoms with Crippen molar-refractivity contribution in [2.45, 2.75) is 20.3 Å². The van der Waals surface area contributed by atoms with Crippen LogP contribution in [-0.4, -0.2) is 10.6 Å². The van der Waals surface area contributed by atoms with Crippen LogP contribution >= 0.6 is 11.3 Å². The second-order valence-electron chi connectivity index (χ2n) is 3.00. The van der Waals surface area contributed by atoms with Gasteiger partial charge in [-0.2, -0.15) is 0 Å². The predicted molar refractivity (Wildman–Crippen MR) is 54.0 cm³/mol. The first kappa shape index (κ1) is 9.21. The predicted octanol–water partition coefficient (Wildman–Crippen LogP) is 2.01. The zero-order chi connectivity index (χ0) is 10.3. The number of carbonyl (C=O) groups excluding carboxylic acids is 1. The highest BCUT2D eigenvalue weighted by Crippen LogP contribution is 2.23. The molecule has 5 heteroatoms. The largest absolute Gasteiger partial charge is 0.366 e. The Balaban J connectivity index is 2.77. The van der Waals surface area contributed by atoms with Gasteiger partial charge in [-0.05, 0) is 13.0 Å². The van der Waals surface area contributed by atoms with Crippen molar-refractivity contribution in [2.24, 2.45) is 0 Å². The summed E-state index contributed by atoms with van der Waals surface area (Å²) in [5.74, 6) is -0.195. The summed E-state index contributed by atoms with van der Waals surface area (Å²) in [5, 5.41) is 0.495. The first-order valence-electron chi connectivity index (χ1n) is 4.29. The number of fused-ring (bicyclic) bond motifs is 1. The smallest absolute Gasteiger partial charge is 0.327 e. The molecule has 2 aromatic heterocycles. The monoisotopic (exact) mass is 211 g/mol. The fraction of sp³-hybridized carbons (Fsp3) is 0.333. The molecule has 2 rings (SSSR count). The molecule has 0 saturated heterocycles. The second-order valence-corrected chi connectivity index (χ2v) is 4.23. The zero-order valence-corrected chi connectivity index (χ0v) is 8.68. The van der Waals surface area contributed by atoms with Gasteiger partial charge in [0, 0.05) is 11.3 Å². The summed E-state index contributed by atoms with van der Waals surface area (Å²) in [6, 6.07) is 1.74. The molecule has 74 valence electrons. The molecule has 4 nitrogen and oxygen atoms in total. The van der Waals surface area contributed by atoms with E-state index in [9.17, 15) is 9.59 Å². The van der Waals surface area contributed by atoms with Crippen molar-refractivity contribution in [2.75, 3.05) is 0 Å². The molecule has 0 spiro atoms. The lowest BCUT2D eigenvalue weighted by Crippen LogP contribution is -2.07. The minimum absolute atomic E-state index is 0.195. The van der Waals surface area contributed by atoms with E-state index in [4.69, 9.17) is 4.52 Å². The van der Waals surface area contributed by atoms with Crippen molar-refractivity contribution in [3.05, 3.63) is 21.4 Å². The van der Waals surface area contributed by atoms with Gasteiger partial charge in [0.05, 0.1) is 0 Å². The summed E-state index contributed by atoms with van der Waals surface area (Å²) < 4.78 is 5.93.